The van der Waals surface area contributed by atoms with Gasteiger partial charge in [-0.3, -0.25) is 0 Å². The SMILES string of the molecule is c1ccc(-c2cc(-c3ccccc3)c(N3c4cc(-c5c6ccccc6c(-c6ccccc6)c6ccccc56)ccc4B4c5ccc(-n6c7ccccc7c7ccccc76)cc5Sc5cc(-n6c7ccccc7c7ccccc76)cc3c54)c(-c3ccccc3)c2)cc1. The molecule has 91 heavy (non-hydrogen) atoms. The summed E-state index contributed by atoms with van der Waals surface area (Å²) in [5, 5.41) is 9.87. The van der Waals surface area contributed by atoms with Crippen LogP contribution in [0.5, 0.6) is 0 Å². The van der Waals surface area contributed by atoms with Gasteiger partial charge in [-0.05, 0) is 144 Å². The van der Waals surface area contributed by atoms with Crippen LogP contribution in [0, 0.1) is 0 Å². The van der Waals surface area contributed by atoms with Gasteiger partial charge >= 0.3 is 0 Å². The predicted molar refractivity (Wildman–Crippen MR) is 387 cm³/mol. The van der Waals surface area contributed by atoms with Gasteiger partial charge in [0.25, 0.3) is 0 Å². The van der Waals surface area contributed by atoms with Gasteiger partial charge in [-0.2, -0.15) is 0 Å². The Labute approximate surface area is 532 Å². The Balaban J connectivity index is 0.961. The molecular weight excluding hydrogens is 1120 g/mol. The van der Waals surface area contributed by atoms with Crippen LogP contribution in [-0.2, 0) is 0 Å². The first-order valence-electron chi connectivity index (χ1n) is 31.4. The molecule has 19 rings (SSSR count). The lowest BCUT2D eigenvalue weighted by Crippen LogP contribution is -2.60. The monoisotopic (exact) mass is 1170 g/mol. The number of aromatic nitrogens is 2. The van der Waals surface area contributed by atoms with Crippen molar-refractivity contribution in [2.45, 2.75) is 9.79 Å². The summed E-state index contributed by atoms with van der Waals surface area (Å²) in [6.07, 6.45) is 0. The van der Waals surface area contributed by atoms with Gasteiger partial charge in [-0.25, -0.2) is 0 Å². The summed E-state index contributed by atoms with van der Waals surface area (Å²) >= 11 is 1.92. The van der Waals surface area contributed by atoms with Gasteiger partial charge in [0.15, 0.2) is 0 Å². The fourth-order valence-corrected chi connectivity index (χ4v) is 16.7. The van der Waals surface area contributed by atoms with E-state index in [1.807, 2.05) is 11.8 Å². The number of hydrogen-bond acceptors (Lipinski definition) is 2. The van der Waals surface area contributed by atoms with Crippen molar-refractivity contribution in [3.8, 4) is 67.0 Å². The predicted octanol–water partition coefficient (Wildman–Crippen LogP) is 21.3. The zero-order valence-electron chi connectivity index (χ0n) is 49.5. The molecule has 3 nitrogen and oxygen atoms in total. The lowest BCUT2D eigenvalue weighted by atomic mass is 9.34. The molecule has 2 aliphatic rings. The topological polar surface area (TPSA) is 13.1 Å². The number of nitrogens with zero attached hydrogens (tertiary/aromatic N) is 3. The van der Waals surface area contributed by atoms with Crippen LogP contribution < -0.4 is 21.3 Å². The van der Waals surface area contributed by atoms with Crippen molar-refractivity contribution in [2.75, 3.05) is 4.90 Å². The molecule has 0 radical (unpaired) electrons. The summed E-state index contributed by atoms with van der Waals surface area (Å²) in [5.74, 6) is 0. The van der Waals surface area contributed by atoms with E-state index in [9.17, 15) is 0 Å². The Morgan fingerprint density at radius 1 is 0.253 bits per heavy atom. The molecular formula is C86H54BN3S. The lowest BCUT2D eigenvalue weighted by molar-refractivity contribution is 1.15. The molecule has 0 amide bonds. The highest BCUT2D eigenvalue weighted by molar-refractivity contribution is 8.00. The summed E-state index contributed by atoms with van der Waals surface area (Å²) in [6, 6.07) is 123. The highest BCUT2D eigenvalue weighted by atomic mass is 32.2. The zero-order chi connectivity index (χ0) is 59.7. The van der Waals surface area contributed by atoms with E-state index < -0.39 is 0 Å². The molecule has 17 aromatic rings. The van der Waals surface area contributed by atoms with E-state index >= 15 is 0 Å². The van der Waals surface area contributed by atoms with Gasteiger partial charge in [0.1, 0.15) is 0 Å². The second-order valence-corrected chi connectivity index (χ2v) is 25.3. The van der Waals surface area contributed by atoms with Gasteiger partial charge in [0.2, 0.25) is 6.71 Å². The lowest BCUT2D eigenvalue weighted by Gasteiger charge is -2.42. The van der Waals surface area contributed by atoms with Gasteiger partial charge in [0, 0.05) is 65.2 Å². The number of para-hydroxylation sites is 4. The molecule has 0 saturated carbocycles. The van der Waals surface area contributed by atoms with Crippen LogP contribution in [-0.4, -0.2) is 15.8 Å². The molecule has 2 aromatic heterocycles. The van der Waals surface area contributed by atoms with E-state index in [0.29, 0.717) is 0 Å². The summed E-state index contributed by atoms with van der Waals surface area (Å²) in [4.78, 5) is 5.19. The van der Waals surface area contributed by atoms with Crippen molar-refractivity contribution in [1.82, 2.24) is 9.13 Å². The summed E-state index contributed by atoms with van der Waals surface area (Å²) in [7, 11) is 0. The Morgan fingerprint density at radius 2 is 0.648 bits per heavy atom. The molecule has 15 aromatic carbocycles. The standard InChI is InChI=1S/C86H54BN3S/c1-5-25-55(26-6-1)60-49-71(56-27-7-2-8-28-56)86(72(50-60)57-29-9-3-10-30-57)90-79-51-59(84-69-39-15-13-37-67(69)83(58-31-11-4-12-32-58)68-38-14-16-40-70(68)84)45-47-73(79)87-74-48-46-61(88-75-41-21-17-33-63(75)64-34-18-22-42-76(64)88)53-81(74)91-82-54-62(52-80(90)85(82)87)89-77-43-23-19-35-65(77)66-36-20-24-44-78(66)89/h1-54H. The molecule has 0 unspecified atom stereocenters. The Hall–Kier alpha value is -11.4. The average molecular weight is 1170 g/mol. The van der Waals surface area contributed by atoms with Crippen molar-refractivity contribution in [3.63, 3.8) is 0 Å². The Morgan fingerprint density at radius 3 is 1.14 bits per heavy atom. The quantitative estimate of drug-likeness (QED) is 0.111. The maximum atomic E-state index is 2.70. The third-order valence-corrected chi connectivity index (χ3v) is 20.4. The van der Waals surface area contributed by atoms with Gasteiger partial charge in [-0.15, -0.1) is 0 Å². The van der Waals surface area contributed by atoms with E-state index in [-0.39, 0.29) is 6.71 Å². The van der Waals surface area contributed by atoms with Crippen LogP contribution in [0.4, 0.5) is 17.1 Å². The summed E-state index contributed by atoms with van der Waals surface area (Å²) in [6.45, 7) is -0.126. The van der Waals surface area contributed by atoms with Crippen LogP contribution in [0.1, 0.15) is 0 Å². The van der Waals surface area contributed by atoms with Crippen molar-refractivity contribution >= 4 is 117 Å². The first kappa shape index (κ1) is 51.7. The molecule has 0 fully saturated rings. The summed E-state index contributed by atoms with van der Waals surface area (Å²) < 4.78 is 4.99. The molecule has 0 saturated heterocycles. The van der Waals surface area contributed by atoms with Crippen molar-refractivity contribution in [2.24, 2.45) is 0 Å². The highest BCUT2D eigenvalue weighted by Crippen LogP contribution is 2.53. The van der Waals surface area contributed by atoms with Gasteiger partial charge in [0.05, 0.1) is 27.8 Å². The normalized spacial score (nSPS) is 12.5. The number of anilines is 3. The van der Waals surface area contributed by atoms with E-state index in [1.54, 1.807) is 0 Å². The van der Waals surface area contributed by atoms with Crippen LogP contribution in [0.3, 0.4) is 0 Å². The first-order valence-corrected chi connectivity index (χ1v) is 32.2. The van der Waals surface area contributed by atoms with E-state index in [1.165, 1.54) is 114 Å². The third-order valence-electron chi connectivity index (χ3n) is 19.3. The fraction of sp³-hybridized carbons (Fsp3) is 0. The Kier molecular flexibility index (Phi) is 11.7. The second kappa shape index (κ2) is 20.6. The first-order chi connectivity index (χ1) is 45.2. The molecule has 0 spiro atoms. The van der Waals surface area contributed by atoms with Crippen molar-refractivity contribution < 1.29 is 0 Å². The summed E-state index contributed by atoms with van der Waals surface area (Å²) in [5.41, 5.74) is 26.1. The maximum absolute atomic E-state index is 2.70. The minimum Gasteiger partial charge on any atom is -0.310 e. The molecule has 5 heteroatoms. The zero-order valence-corrected chi connectivity index (χ0v) is 50.3. The molecule has 0 N–H and O–H groups in total. The van der Waals surface area contributed by atoms with E-state index in [0.717, 1.165) is 61.8 Å². The highest BCUT2D eigenvalue weighted by Gasteiger charge is 2.43. The minimum atomic E-state index is -0.126. The maximum Gasteiger partial charge on any atom is 0.249 e. The van der Waals surface area contributed by atoms with Gasteiger partial charge < -0.3 is 14.0 Å². The van der Waals surface area contributed by atoms with Crippen molar-refractivity contribution in [3.05, 3.63) is 328 Å². The number of hydrogen-bond donors (Lipinski definition) is 0. The van der Waals surface area contributed by atoms with Crippen LogP contribution in [0.15, 0.2) is 337 Å². The van der Waals surface area contributed by atoms with Gasteiger partial charge in [-0.1, -0.05) is 278 Å². The molecule has 0 atom stereocenters. The third kappa shape index (κ3) is 7.98. The molecule has 4 heterocycles. The van der Waals surface area contributed by atoms with E-state index in [2.05, 4.69) is 342 Å². The molecule has 0 bridgehead atoms. The van der Waals surface area contributed by atoms with Crippen molar-refractivity contribution in [1.29, 1.82) is 0 Å². The Bertz CT molecular complexity index is 5590. The smallest absolute Gasteiger partial charge is 0.249 e. The molecule has 0 aliphatic carbocycles. The van der Waals surface area contributed by atoms with Crippen LogP contribution >= 0.6 is 11.8 Å². The second-order valence-electron chi connectivity index (χ2n) is 24.2. The molecule has 2 aliphatic heterocycles. The largest absolute Gasteiger partial charge is 0.310 e. The number of fused-ring (bicyclic) bond motifs is 12. The van der Waals surface area contributed by atoms with E-state index in [4.69, 9.17) is 0 Å². The van der Waals surface area contributed by atoms with Crippen LogP contribution in [0.25, 0.3) is 132 Å². The number of rotatable bonds is 8. The fourth-order valence-electron chi connectivity index (χ4n) is 15.5. The van der Waals surface area contributed by atoms with Crippen LogP contribution in [0.2, 0.25) is 0 Å². The number of benzene rings is 15. The minimum absolute atomic E-state index is 0.126. The average Bonchev–Trinajstić information content (AvgIpc) is 0.913. The molecule has 422 valence electrons.